The van der Waals surface area contributed by atoms with Gasteiger partial charge in [0.25, 0.3) is 5.91 Å². The molecule has 1 aromatic rings. The van der Waals surface area contributed by atoms with Gasteiger partial charge < -0.3 is 10.0 Å². The summed E-state index contributed by atoms with van der Waals surface area (Å²) in [6.07, 6.45) is -4.73. The van der Waals surface area contributed by atoms with Gasteiger partial charge in [0.05, 0.1) is 16.7 Å². The predicted octanol–water partition coefficient (Wildman–Crippen LogP) is 1.32. The zero-order valence-corrected chi connectivity index (χ0v) is 14.5. The second-order valence-corrected chi connectivity index (χ2v) is 7.60. The number of nitrogens with zero attached hydrogens (tertiary/aromatic N) is 1. The van der Waals surface area contributed by atoms with Gasteiger partial charge in [-0.2, -0.15) is 13.2 Å². The van der Waals surface area contributed by atoms with Crippen LogP contribution in [-0.4, -0.2) is 56.1 Å². The molecule has 11 heteroatoms. The van der Waals surface area contributed by atoms with E-state index in [1.165, 1.54) is 12.1 Å². The Morgan fingerprint density at radius 3 is 2.23 bits per heavy atom. The molecule has 0 saturated carbocycles. The molecule has 2 rings (SSSR count). The number of rotatable bonds is 5. The first-order valence-corrected chi connectivity index (χ1v) is 9.14. The van der Waals surface area contributed by atoms with E-state index in [0.717, 1.165) is 17.0 Å². The van der Waals surface area contributed by atoms with Gasteiger partial charge in [-0.1, -0.05) is 6.92 Å². The lowest BCUT2D eigenvalue weighted by molar-refractivity contribution is -0.187. The van der Waals surface area contributed by atoms with Crippen LogP contribution in [0.5, 0.6) is 0 Å². The van der Waals surface area contributed by atoms with Crippen molar-refractivity contribution in [2.24, 2.45) is 11.8 Å². The first-order valence-electron chi connectivity index (χ1n) is 7.66. The molecule has 1 amide bonds. The number of carboxylic acid groups (broad SMARTS) is 1. The second kappa shape index (κ2) is 7.23. The van der Waals surface area contributed by atoms with Crippen molar-refractivity contribution in [1.82, 2.24) is 9.62 Å². The molecular formula is C15H17F3N2O5S. The topological polar surface area (TPSA) is 104 Å². The Kier molecular flexibility index (Phi) is 5.61. The van der Waals surface area contributed by atoms with E-state index in [9.17, 15) is 31.2 Å². The van der Waals surface area contributed by atoms with Gasteiger partial charge in [0.2, 0.25) is 10.0 Å². The van der Waals surface area contributed by atoms with Gasteiger partial charge >= 0.3 is 12.1 Å². The van der Waals surface area contributed by atoms with E-state index in [1.807, 2.05) is 0 Å². The molecule has 0 radical (unpaired) electrons. The van der Waals surface area contributed by atoms with Crippen LogP contribution in [-0.2, 0) is 14.8 Å². The highest BCUT2D eigenvalue weighted by Crippen LogP contribution is 2.38. The maximum absolute atomic E-state index is 13.0. The highest BCUT2D eigenvalue weighted by Gasteiger charge is 2.53. The summed E-state index contributed by atoms with van der Waals surface area (Å²) in [5, 5.41) is 8.98. The highest BCUT2D eigenvalue weighted by molar-refractivity contribution is 7.89. The number of nitrogens with one attached hydrogen (secondary N) is 1. The largest absolute Gasteiger partial charge is 0.481 e. The standard InChI is InChI=1S/C15H17F3N2O5S/c1-2-19-26(24,25)10-5-3-9(4-6-10)13(21)20-7-11(14(22)23)12(8-20)15(16,17)18/h3-6,11-12,19H,2,7-8H2,1H3,(H,22,23)/t11-,12-/m1/s1. The Labute approximate surface area is 147 Å². The Hall–Kier alpha value is -2.14. The average Bonchev–Trinajstić information content (AvgIpc) is 3.00. The van der Waals surface area contributed by atoms with Crippen LogP contribution in [0.15, 0.2) is 29.2 Å². The zero-order chi connectivity index (χ0) is 19.7. The van der Waals surface area contributed by atoms with Gasteiger partial charge in [0.1, 0.15) is 0 Å². The SMILES string of the molecule is CCNS(=O)(=O)c1ccc(C(=O)N2C[C@@H](C(F)(F)F)[C@H](C(=O)O)C2)cc1. The minimum absolute atomic E-state index is 0.0209. The van der Waals surface area contributed by atoms with Crippen molar-refractivity contribution in [3.8, 4) is 0 Å². The van der Waals surface area contributed by atoms with Crippen molar-refractivity contribution in [2.45, 2.75) is 18.0 Å². The lowest BCUT2D eigenvalue weighted by Gasteiger charge is -2.18. The monoisotopic (exact) mass is 394 g/mol. The lowest BCUT2D eigenvalue weighted by Crippen LogP contribution is -2.34. The number of alkyl halides is 3. The fraction of sp³-hybridized carbons (Fsp3) is 0.467. The number of hydrogen-bond acceptors (Lipinski definition) is 4. The summed E-state index contributed by atoms with van der Waals surface area (Å²) >= 11 is 0. The second-order valence-electron chi connectivity index (χ2n) is 5.83. The fourth-order valence-electron chi connectivity index (χ4n) is 2.78. The molecule has 1 aliphatic rings. The van der Waals surface area contributed by atoms with Gasteiger partial charge in [0.15, 0.2) is 0 Å². The van der Waals surface area contributed by atoms with E-state index in [4.69, 9.17) is 5.11 Å². The average molecular weight is 394 g/mol. The number of carboxylic acids is 1. The summed E-state index contributed by atoms with van der Waals surface area (Å²) in [6.45, 7) is 0.456. The summed E-state index contributed by atoms with van der Waals surface area (Å²) in [5.41, 5.74) is -0.0209. The third-order valence-corrected chi connectivity index (χ3v) is 5.65. The van der Waals surface area contributed by atoms with Crippen LogP contribution in [0.4, 0.5) is 13.2 Å². The predicted molar refractivity (Wildman–Crippen MR) is 83.9 cm³/mol. The number of hydrogen-bond donors (Lipinski definition) is 2. The minimum atomic E-state index is -4.73. The fourth-order valence-corrected chi connectivity index (χ4v) is 3.83. The van der Waals surface area contributed by atoms with Crippen LogP contribution in [0.25, 0.3) is 0 Å². The number of amides is 1. The molecule has 26 heavy (non-hydrogen) atoms. The molecule has 0 aromatic heterocycles. The Morgan fingerprint density at radius 2 is 1.81 bits per heavy atom. The lowest BCUT2D eigenvalue weighted by atomic mass is 9.96. The molecule has 1 aromatic carbocycles. The number of benzene rings is 1. The molecule has 144 valence electrons. The smallest absolute Gasteiger partial charge is 0.394 e. The molecule has 0 bridgehead atoms. The summed E-state index contributed by atoms with van der Waals surface area (Å²) < 4.78 is 64.9. The Bertz CT molecular complexity index is 792. The molecule has 0 spiro atoms. The Balaban J connectivity index is 2.20. The number of carbonyl (C=O) groups is 2. The van der Waals surface area contributed by atoms with Gasteiger partial charge in [-0.05, 0) is 24.3 Å². The maximum Gasteiger partial charge on any atom is 0.394 e. The number of likely N-dealkylation sites (tertiary alicyclic amines) is 1. The van der Waals surface area contributed by atoms with E-state index in [0.29, 0.717) is 0 Å². The van der Waals surface area contributed by atoms with Crippen LogP contribution in [0.2, 0.25) is 0 Å². The summed E-state index contributed by atoms with van der Waals surface area (Å²) in [6, 6.07) is 4.70. The van der Waals surface area contributed by atoms with Crippen molar-refractivity contribution in [1.29, 1.82) is 0 Å². The summed E-state index contributed by atoms with van der Waals surface area (Å²) in [4.78, 5) is 24.2. The van der Waals surface area contributed by atoms with Crippen molar-refractivity contribution in [3.05, 3.63) is 29.8 Å². The minimum Gasteiger partial charge on any atom is -0.481 e. The third-order valence-electron chi connectivity index (χ3n) is 4.09. The molecule has 2 atom stereocenters. The molecule has 0 aliphatic carbocycles. The summed E-state index contributed by atoms with van der Waals surface area (Å²) in [7, 11) is -3.72. The van der Waals surface area contributed by atoms with E-state index >= 15 is 0 Å². The van der Waals surface area contributed by atoms with Crippen LogP contribution in [0.1, 0.15) is 17.3 Å². The van der Waals surface area contributed by atoms with Gasteiger partial charge in [-0.3, -0.25) is 9.59 Å². The van der Waals surface area contributed by atoms with Crippen molar-refractivity contribution in [3.63, 3.8) is 0 Å². The van der Waals surface area contributed by atoms with Crippen LogP contribution >= 0.6 is 0 Å². The normalized spacial score (nSPS) is 21.0. The zero-order valence-electron chi connectivity index (χ0n) is 13.7. The molecule has 1 fully saturated rings. The molecule has 1 saturated heterocycles. The van der Waals surface area contributed by atoms with E-state index in [2.05, 4.69) is 4.72 Å². The summed E-state index contributed by atoms with van der Waals surface area (Å²) in [5.74, 6) is -6.27. The molecule has 1 heterocycles. The van der Waals surface area contributed by atoms with Crippen LogP contribution < -0.4 is 4.72 Å². The molecule has 7 nitrogen and oxygen atoms in total. The number of carbonyl (C=O) groups excluding carboxylic acids is 1. The highest BCUT2D eigenvalue weighted by atomic mass is 32.2. The van der Waals surface area contributed by atoms with Crippen molar-refractivity contribution in [2.75, 3.05) is 19.6 Å². The molecule has 1 aliphatic heterocycles. The van der Waals surface area contributed by atoms with Crippen molar-refractivity contribution < 1.29 is 36.3 Å². The number of sulfonamides is 1. The van der Waals surface area contributed by atoms with E-state index < -0.39 is 53.0 Å². The number of halogens is 3. The van der Waals surface area contributed by atoms with Crippen LogP contribution in [0, 0.1) is 11.8 Å². The molecule has 2 N–H and O–H groups in total. The van der Waals surface area contributed by atoms with Gasteiger partial charge in [-0.25, -0.2) is 13.1 Å². The van der Waals surface area contributed by atoms with E-state index in [1.54, 1.807) is 6.92 Å². The number of aliphatic carboxylic acids is 1. The van der Waals surface area contributed by atoms with Crippen molar-refractivity contribution >= 4 is 21.9 Å². The van der Waals surface area contributed by atoms with Crippen LogP contribution in [0.3, 0.4) is 0 Å². The van der Waals surface area contributed by atoms with Gasteiger partial charge in [-0.15, -0.1) is 0 Å². The molecular weight excluding hydrogens is 377 g/mol. The third kappa shape index (κ3) is 4.15. The van der Waals surface area contributed by atoms with E-state index in [-0.39, 0.29) is 17.0 Å². The molecule has 0 unspecified atom stereocenters. The first-order chi connectivity index (χ1) is 12.0. The quantitative estimate of drug-likeness (QED) is 0.784. The first kappa shape index (κ1) is 20.2. The van der Waals surface area contributed by atoms with Gasteiger partial charge in [0, 0.05) is 25.2 Å². The Morgan fingerprint density at radius 1 is 1.23 bits per heavy atom. The maximum atomic E-state index is 13.0.